The van der Waals surface area contributed by atoms with Gasteiger partial charge >= 0.3 is 0 Å². The van der Waals surface area contributed by atoms with Gasteiger partial charge in [0, 0.05) is 10.8 Å². The van der Waals surface area contributed by atoms with E-state index in [9.17, 15) is 16.8 Å². The molecule has 0 bridgehead atoms. The van der Waals surface area contributed by atoms with Gasteiger partial charge in [0.15, 0.2) is 0 Å². The van der Waals surface area contributed by atoms with Crippen molar-refractivity contribution >= 4 is 41.8 Å². The fraction of sp³-hybridized carbons (Fsp3) is 0.0476. The molecule has 4 rings (SSSR count). The fourth-order valence-corrected chi connectivity index (χ4v) is 4.52. The molecule has 8 heteroatoms. The second-order valence-corrected chi connectivity index (χ2v) is 9.12. The summed E-state index contributed by atoms with van der Waals surface area (Å²) in [6.07, 6.45) is 0. The van der Waals surface area contributed by atoms with Gasteiger partial charge in [-0.3, -0.25) is 8.74 Å². The third kappa shape index (κ3) is 4.63. The fourth-order valence-electron chi connectivity index (χ4n) is 2.92. The van der Waals surface area contributed by atoms with Crippen LogP contribution in [0.25, 0.3) is 21.5 Å². The lowest BCUT2D eigenvalue weighted by Crippen LogP contribution is -2.03. The molecule has 4 aromatic carbocycles. The second-order valence-electron chi connectivity index (χ2n) is 6.05. The van der Waals surface area contributed by atoms with Crippen LogP contribution in [0, 0.1) is 0 Å². The molecular weight excluding hydrogens is 412 g/mol. The third-order valence-corrected chi connectivity index (χ3v) is 6.51. The van der Waals surface area contributed by atoms with E-state index in [1.165, 1.54) is 6.07 Å². The van der Waals surface area contributed by atoms with Crippen LogP contribution in [0.3, 0.4) is 0 Å². The Morgan fingerprint density at radius 3 is 1.52 bits per heavy atom. The molecule has 0 aliphatic carbocycles. The van der Waals surface area contributed by atoms with Crippen molar-refractivity contribution in [1.29, 1.82) is 0 Å². The Labute approximate surface area is 169 Å². The van der Waals surface area contributed by atoms with E-state index in [0.29, 0.717) is 10.8 Å². The predicted octanol–water partition coefficient (Wildman–Crippen LogP) is 4.26. The topological polar surface area (TPSA) is 97.7 Å². The first-order chi connectivity index (χ1) is 13.7. The maximum atomic E-state index is 11.6. The molecule has 0 unspecified atom stereocenters. The van der Waals surface area contributed by atoms with Crippen molar-refractivity contribution in [2.75, 3.05) is 7.11 Å². The normalized spacial score (nSPS) is 11.8. The lowest BCUT2D eigenvalue weighted by Gasteiger charge is -2.05. The van der Waals surface area contributed by atoms with Crippen LogP contribution >= 0.6 is 0 Å². The summed E-state index contributed by atoms with van der Waals surface area (Å²) >= 11 is 0. The minimum absolute atomic E-state index is 0.0457. The van der Waals surface area contributed by atoms with Gasteiger partial charge in [0.2, 0.25) is 0 Å². The Balaban J connectivity index is 0.000000166. The van der Waals surface area contributed by atoms with Crippen LogP contribution in [0.1, 0.15) is 0 Å². The Morgan fingerprint density at radius 1 is 0.621 bits per heavy atom. The van der Waals surface area contributed by atoms with E-state index in [-0.39, 0.29) is 9.79 Å². The summed E-state index contributed by atoms with van der Waals surface area (Å²) < 4.78 is 58.7. The van der Waals surface area contributed by atoms with E-state index in [1.54, 1.807) is 54.6 Å². The quantitative estimate of drug-likeness (QED) is 0.385. The van der Waals surface area contributed by atoms with Gasteiger partial charge in [-0.15, -0.1) is 0 Å². The van der Waals surface area contributed by atoms with E-state index >= 15 is 0 Å². The Hall–Kier alpha value is -2.78. The summed E-state index contributed by atoms with van der Waals surface area (Å²) in [5.74, 6) is 0. The van der Waals surface area contributed by atoms with Gasteiger partial charge in [0.05, 0.1) is 7.11 Å². The molecule has 0 saturated heterocycles. The Bertz CT molecular complexity index is 1370. The number of fused-ring (bicyclic) bond motifs is 2. The van der Waals surface area contributed by atoms with Gasteiger partial charge in [0.25, 0.3) is 20.2 Å². The first-order valence-electron chi connectivity index (χ1n) is 8.48. The number of hydrogen-bond donors (Lipinski definition) is 1. The van der Waals surface area contributed by atoms with Gasteiger partial charge in [-0.1, -0.05) is 72.8 Å². The van der Waals surface area contributed by atoms with Crippen molar-refractivity contribution in [3.05, 3.63) is 84.9 Å². The van der Waals surface area contributed by atoms with Gasteiger partial charge in [-0.25, -0.2) is 0 Å². The van der Waals surface area contributed by atoms with E-state index in [0.717, 1.165) is 17.9 Å². The summed E-state index contributed by atoms with van der Waals surface area (Å²) in [7, 11) is -6.59. The number of rotatable bonds is 3. The maximum absolute atomic E-state index is 11.6. The van der Waals surface area contributed by atoms with E-state index in [1.807, 2.05) is 24.3 Å². The van der Waals surface area contributed by atoms with E-state index in [2.05, 4.69) is 4.18 Å². The number of hydrogen-bond acceptors (Lipinski definition) is 5. The highest BCUT2D eigenvalue weighted by atomic mass is 32.2. The molecule has 0 aromatic heterocycles. The van der Waals surface area contributed by atoms with E-state index < -0.39 is 20.2 Å². The van der Waals surface area contributed by atoms with Crippen LogP contribution in [0.5, 0.6) is 0 Å². The van der Waals surface area contributed by atoms with Crippen molar-refractivity contribution in [2.45, 2.75) is 9.79 Å². The maximum Gasteiger partial charge on any atom is 0.297 e. The Morgan fingerprint density at radius 2 is 1.03 bits per heavy atom. The summed E-state index contributed by atoms with van der Waals surface area (Å²) in [5, 5.41) is 2.90. The highest BCUT2D eigenvalue weighted by Crippen LogP contribution is 2.24. The zero-order valence-electron chi connectivity index (χ0n) is 15.4. The molecule has 6 nitrogen and oxygen atoms in total. The van der Waals surface area contributed by atoms with Crippen LogP contribution in [0.4, 0.5) is 0 Å². The summed E-state index contributed by atoms with van der Waals surface area (Å²) in [6.45, 7) is 0. The van der Waals surface area contributed by atoms with Crippen molar-refractivity contribution in [3.8, 4) is 0 Å². The van der Waals surface area contributed by atoms with Gasteiger partial charge < -0.3 is 0 Å². The molecule has 0 aliphatic rings. The van der Waals surface area contributed by atoms with Crippen molar-refractivity contribution in [1.82, 2.24) is 0 Å². The van der Waals surface area contributed by atoms with Crippen molar-refractivity contribution in [3.63, 3.8) is 0 Å². The summed E-state index contributed by atoms with van der Waals surface area (Å²) in [4.78, 5) is 0.165. The van der Waals surface area contributed by atoms with Crippen LogP contribution in [-0.2, 0) is 24.4 Å². The molecule has 0 aliphatic heterocycles. The monoisotopic (exact) mass is 430 g/mol. The second kappa shape index (κ2) is 8.30. The molecule has 4 aromatic rings. The first kappa shape index (κ1) is 20.9. The molecule has 0 spiro atoms. The largest absolute Gasteiger partial charge is 0.297 e. The smallest absolute Gasteiger partial charge is 0.282 e. The highest BCUT2D eigenvalue weighted by molar-refractivity contribution is 7.87. The van der Waals surface area contributed by atoms with Gasteiger partial charge in [-0.2, -0.15) is 16.8 Å². The Kier molecular flexibility index (Phi) is 5.99. The molecular formula is C21H18O6S2. The molecule has 29 heavy (non-hydrogen) atoms. The lowest BCUT2D eigenvalue weighted by molar-refractivity contribution is 0.398. The molecule has 150 valence electrons. The average Bonchev–Trinajstić information content (AvgIpc) is 2.72. The zero-order chi connectivity index (χ0) is 21.1. The minimum Gasteiger partial charge on any atom is -0.282 e. The minimum atomic E-state index is -4.13. The average molecular weight is 431 g/mol. The molecule has 1 N–H and O–H groups in total. The standard InChI is InChI=1S/C11H10O3S.C10H8O3S/c1-14-15(12,13)11-8-4-6-9-5-2-3-7-10(9)11;11-14(12,13)10-7-3-5-8-4-1-2-6-9(8)10/h2-8H,1H3;1-7H,(H,11,12,13). The van der Waals surface area contributed by atoms with Crippen LogP contribution in [0.15, 0.2) is 94.7 Å². The third-order valence-electron chi connectivity index (χ3n) is 4.27. The first-order valence-corrected chi connectivity index (χ1v) is 11.3. The molecule has 0 radical (unpaired) electrons. The van der Waals surface area contributed by atoms with Gasteiger partial charge in [-0.05, 0) is 22.9 Å². The molecule has 0 amide bonds. The predicted molar refractivity (Wildman–Crippen MR) is 112 cm³/mol. The van der Waals surface area contributed by atoms with Crippen molar-refractivity contribution in [2.24, 2.45) is 0 Å². The van der Waals surface area contributed by atoms with Gasteiger partial charge in [0.1, 0.15) is 9.79 Å². The van der Waals surface area contributed by atoms with Crippen LogP contribution in [-0.4, -0.2) is 28.5 Å². The molecule has 0 saturated carbocycles. The summed E-state index contributed by atoms with van der Waals surface area (Å²) in [5.41, 5.74) is 0. The van der Waals surface area contributed by atoms with Crippen LogP contribution < -0.4 is 0 Å². The molecule has 0 fully saturated rings. The highest BCUT2D eigenvalue weighted by Gasteiger charge is 2.15. The summed E-state index contributed by atoms with van der Waals surface area (Å²) in [6, 6.07) is 24.2. The zero-order valence-corrected chi connectivity index (χ0v) is 17.0. The SMILES string of the molecule is COS(=O)(=O)c1cccc2ccccc12.O=S(=O)(O)c1cccc2ccccc12. The molecule has 0 heterocycles. The van der Waals surface area contributed by atoms with Crippen molar-refractivity contribution < 1.29 is 25.6 Å². The van der Waals surface area contributed by atoms with E-state index in [4.69, 9.17) is 4.55 Å². The molecule has 0 atom stereocenters. The lowest BCUT2D eigenvalue weighted by atomic mass is 10.1. The number of benzene rings is 4. The van der Waals surface area contributed by atoms with Crippen LogP contribution in [0.2, 0.25) is 0 Å².